The van der Waals surface area contributed by atoms with Crippen LogP contribution in [0.2, 0.25) is 0 Å². The van der Waals surface area contributed by atoms with E-state index in [-0.39, 0.29) is 0 Å². The van der Waals surface area contributed by atoms with Crippen LogP contribution in [0.3, 0.4) is 0 Å². The van der Waals surface area contributed by atoms with Gasteiger partial charge in [0, 0.05) is 32.5 Å². The molecule has 1 aromatic heterocycles. The van der Waals surface area contributed by atoms with Gasteiger partial charge in [-0.05, 0) is 28.4 Å². The number of aromatic nitrogens is 2. The van der Waals surface area contributed by atoms with E-state index >= 15 is 0 Å². The first-order valence-corrected chi connectivity index (χ1v) is 6.27. The molecule has 0 radical (unpaired) electrons. The molecule has 5 nitrogen and oxygen atoms in total. The summed E-state index contributed by atoms with van der Waals surface area (Å²) < 4.78 is 4.75. The zero-order chi connectivity index (χ0) is 12.4. The summed E-state index contributed by atoms with van der Waals surface area (Å²) in [4.78, 5) is 13.5. The molecule has 0 saturated carbocycles. The van der Waals surface area contributed by atoms with Crippen molar-refractivity contribution in [2.45, 2.75) is 19.3 Å². The molecule has 5 heteroatoms. The maximum Gasteiger partial charge on any atom is 0.138 e. The number of benzene rings is 1. The van der Waals surface area contributed by atoms with Crippen LogP contribution < -0.4 is 0 Å². The van der Waals surface area contributed by atoms with E-state index in [0.717, 1.165) is 42.7 Å². The second-order valence-electron chi connectivity index (χ2n) is 4.68. The van der Waals surface area contributed by atoms with Crippen molar-refractivity contribution in [2.75, 3.05) is 19.6 Å². The Bertz CT molecular complexity index is 554. The number of nitrogens with zero attached hydrogens (tertiary/aromatic N) is 3. The lowest BCUT2D eigenvalue weighted by Gasteiger charge is -2.25. The molecule has 0 bridgehead atoms. The van der Waals surface area contributed by atoms with Gasteiger partial charge in [0.1, 0.15) is 16.8 Å². The topological polar surface area (TPSA) is 59.2 Å². The molecule has 94 valence electrons. The Labute approximate surface area is 105 Å². The van der Waals surface area contributed by atoms with Crippen LogP contribution in [0, 0.1) is 0 Å². The third-order valence-corrected chi connectivity index (χ3v) is 3.48. The Morgan fingerprint density at radius 1 is 1.22 bits per heavy atom. The molecule has 1 aliphatic heterocycles. The highest BCUT2D eigenvalue weighted by atomic mass is 16.6. The Kier molecular flexibility index (Phi) is 3.06. The van der Waals surface area contributed by atoms with Crippen molar-refractivity contribution in [3.8, 4) is 0 Å². The summed E-state index contributed by atoms with van der Waals surface area (Å²) in [5.41, 5.74) is 2.82. The first kappa shape index (κ1) is 11.3. The minimum absolute atomic E-state index is 0.383. The van der Waals surface area contributed by atoms with Gasteiger partial charge < -0.3 is 4.90 Å². The minimum Gasteiger partial charge on any atom is -0.302 e. The van der Waals surface area contributed by atoms with Gasteiger partial charge in [0.15, 0.2) is 0 Å². The molecule has 18 heavy (non-hydrogen) atoms. The summed E-state index contributed by atoms with van der Waals surface area (Å²) in [6.45, 7) is 2.72. The van der Waals surface area contributed by atoms with Crippen molar-refractivity contribution in [1.29, 1.82) is 0 Å². The van der Waals surface area contributed by atoms with Crippen molar-refractivity contribution in [2.24, 2.45) is 0 Å². The summed E-state index contributed by atoms with van der Waals surface area (Å²) in [6.07, 6.45) is 2.30. The lowest BCUT2D eigenvalue weighted by atomic mass is 10.1. The Balaban J connectivity index is 1.66. The maximum atomic E-state index is 11.2. The van der Waals surface area contributed by atoms with Crippen LogP contribution in [-0.4, -0.2) is 40.6 Å². The first-order chi connectivity index (χ1) is 8.83. The summed E-state index contributed by atoms with van der Waals surface area (Å²) in [6, 6.07) is 5.93. The molecule has 0 atom stereocenters. The molecule has 3 rings (SSSR count). The number of Topliss-reactive ketones (excluding diaryl/α,β-unsaturated/α-hetero) is 1. The molecule has 0 unspecified atom stereocenters. The summed E-state index contributed by atoms with van der Waals surface area (Å²) >= 11 is 0. The van der Waals surface area contributed by atoms with Gasteiger partial charge in [0.25, 0.3) is 0 Å². The quantitative estimate of drug-likeness (QED) is 0.818. The van der Waals surface area contributed by atoms with E-state index in [1.807, 2.05) is 12.1 Å². The fraction of sp³-hybridized carbons (Fsp3) is 0.462. The summed E-state index contributed by atoms with van der Waals surface area (Å²) in [5.74, 6) is 0.383. The average Bonchev–Trinajstić information content (AvgIpc) is 2.87. The van der Waals surface area contributed by atoms with Crippen molar-refractivity contribution < 1.29 is 9.42 Å². The zero-order valence-corrected chi connectivity index (χ0v) is 10.1. The number of likely N-dealkylation sites (tertiary alicyclic amines) is 1. The number of carbonyl (C=O) groups excluding carboxylic acids is 1. The summed E-state index contributed by atoms with van der Waals surface area (Å²) in [5, 5.41) is 7.78. The number of rotatable bonds is 3. The first-order valence-electron chi connectivity index (χ1n) is 6.27. The third kappa shape index (κ3) is 2.26. The lowest BCUT2D eigenvalue weighted by molar-refractivity contribution is -0.121. The van der Waals surface area contributed by atoms with Crippen molar-refractivity contribution in [3.05, 3.63) is 23.8 Å². The number of piperidine rings is 1. The van der Waals surface area contributed by atoms with Crippen LogP contribution in [0.4, 0.5) is 0 Å². The van der Waals surface area contributed by atoms with Crippen LogP contribution in [0.25, 0.3) is 11.0 Å². The maximum absolute atomic E-state index is 11.2. The predicted octanol–water partition coefficient (Wildman–Crippen LogP) is 1.43. The third-order valence-electron chi connectivity index (χ3n) is 3.48. The molecule has 0 spiro atoms. The second kappa shape index (κ2) is 4.86. The minimum atomic E-state index is 0.383. The van der Waals surface area contributed by atoms with Gasteiger partial charge in [-0.25, -0.2) is 4.63 Å². The van der Waals surface area contributed by atoms with E-state index in [4.69, 9.17) is 4.63 Å². The number of hydrogen-bond acceptors (Lipinski definition) is 5. The molecule has 2 aromatic rings. The standard InChI is InChI=1S/C13H15N3O2/c17-11-5-8-16(9-6-11)7-4-10-2-1-3-12-13(10)15-18-14-12/h1-3H,4-9H2. The Morgan fingerprint density at radius 3 is 2.89 bits per heavy atom. The number of carbonyl (C=O) groups is 1. The molecule has 1 fully saturated rings. The van der Waals surface area contributed by atoms with Gasteiger partial charge in [-0.15, -0.1) is 0 Å². The van der Waals surface area contributed by atoms with Gasteiger partial charge >= 0.3 is 0 Å². The SMILES string of the molecule is O=C1CCN(CCc2cccc3nonc23)CC1. The van der Waals surface area contributed by atoms with E-state index in [1.54, 1.807) is 0 Å². The van der Waals surface area contributed by atoms with Gasteiger partial charge in [-0.3, -0.25) is 4.79 Å². The predicted molar refractivity (Wildman–Crippen MR) is 66.2 cm³/mol. The van der Waals surface area contributed by atoms with Gasteiger partial charge in [-0.1, -0.05) is 12.1 Å². The second-order valence-corrected chi connectivity index (χ2v) is 4.68. The highest BCUT2D eigenvalue weighted by molar-refractivity contribution is 5.79. The van der Waals surface area contributed by atoms with Gasteiger partial charge in [-0.2, -0.15) is 0 Å². The van der Waals surface area contributed by atoms with Crippen LogP contribution in [0.5, 0.6) is 0 Å². The van der Waals surface area contributed by atoms with Gasteiger partial charge in [0.2, 0.25) is 0 Å². The smallest absolute Gasteiger partial charge is 0.138 e. The molecule has 2 heterocycles. The fourth-order valence-electron chi connectivity index (χ4n) is 2.37. The van der Waals surface area contributed by atoms with Crippen molar-refractivity contribution >= 4 is 16.8 Å². The fourth-order valence-corrected chi connectivity index (χ4v) is 2.37. The summed E-state index contributed by atoms with van der Waals surface area (Å²) in [7, 11) is 0. The van der Waals surface area contributed by atoms with E-state index in [9.17, 15) is 4.79 Å². The number of fused-ring (bicyclic) bond motifs is 1. The van der Waals surface area contributed by atoms with E-state index in [0.29, 0.717) is 18.6 Å². The van der Waals surface area contributed by atoms with E-state index in [2.05, 4.69) is 21.3 Å². The normalized spacial score (nSPS) is 17.4. The molecule has 1 saturated heterocycles. The average molecular weight is 245 g/mol. The molecule has 1 aliphatic rings. The van der Waals surface area contributed by atoms with E-state index < -0.39 is 0 Å². The molecule has 1 aromatic carbocycles. The largest absolute Gasteiger partial charge is 0.302 e. The van der Waals surface area contributed by atoms with Crippen LogP contribution >= 0.6 is 0 Å². The molecule has 0 aliphatic carbocycles. The van der Waals surface area contributed by atoms with Crippen LogP contribution in [0.15, 0.2) is 22.8 Å². The zero-order valence-electron chi connectivity index (χ0n) is 10.1. The van der Waals surface area contributed by atoms with Crippen LogP contribution in [0.1, 0.15) is 18.4 Å². The highest BCUT2D eigenvalue weighted by Crippen LogP contribution is 2.16. The van der Waals surface area contributed by atoms with Crippen LogP contribution in [-0.2, 0) is 11.2 Å². The Hall–Kier alpha value is -1.75. The number of ketones is 1. The lowest BCUT2D eigenvalue weighted by Crippen LogP contribution is -2.35. The number of hydrogen-bond donors (Lipinski definition) is 0. The molecular weight excluding hydrogens is 230 g/mol. The van der Waals surface area contributed by atoms with Crippen molar-refractivity contribution in [1.82, 2.24) is 15.2 Å². The monoisotopic (exact) mass is 245 g/mol. The van der Waals surface area contributed by atoms with E-state index in [1.165, 1.54) is 0 Å². The highest BCUT2D eigenvalue weighted by Gasteiger charge is 2.16. The van der Waals surface area contributed by atoms with Gasteiger partial charge in [0.05, 0.1) is 0 Å². The molecule has 0 amide bonds. The molecular formula is C13H15N3O2. The Morgan fingerprint density at radius 2 is 2.06 bits per heavy atom. The molecule has 0 N–H and O–H groups in total. The van der Waals surface area contributed by atoms with Crippen molar-refractivity contribution in [3.63, 3.8) is 0 Å².